The van der Waals surface area contributed by atoms with E-state index >= 15 is 0 Å². The average Bonchev–Trinajstić information content (AvgIpc) is 3.42. The lowest BCUT2D eigenvalue weighted by Crippen LogP contribution is -2.35. The van der Waals surface area contributed by atoms with Crippen molar-refractivity contribution >= 4 is 18.0 Å². The van der Waals surface area contributed by atoms with Crippen LogP contribution in [0.15, 0.2) is 86.6 Å². The van der Waals surface area contributed by atoms with Crippen LogP contribution in [0.3, 0.4) is 0 Å². The first-order chi connectivity index (χ1) is 22.9. The summed E-state index contributed by atoms with van der Waals surface area (Å²) in [5.74, 6) is 1.31. The number of hydrogen-bond donors (Lipinski definition) is 2. The van der Waals surface area contributed by atoms with Crippen LogP contribution in [0.2, 0.25) is 0 Å². The van der Waals surface area contributed by atoms with Gasteiger partial charge in [-0.25, -0.2) is 0 Å². The van der Waals surface area contributed by atoms with E-state index in [-0.39, 0.29) is 11.6 Å². The van der Waals surface area contributed by atoms with E-state index in [1.807, 2.05) is 52.8 Å². The van der Waals surface area contributed by atoms with Crippen molar-refractivity contribution in [3.8, 4) is 0 Å². The lowest BCUT2D eigenvalue weighted by atomic mass is 10.1. The number of carbonyl (C=O) groups excluding carboxylic acids is 1. The van der Waals surface area contributed by atoms with Gasteiger partial charge >= 0.3 is 0 Å². The standard InChI is InChI=1S/C14H27NO2.C11H23NOS.C8H14.C5H8.C4H6/c1-5-6-7-8-9-10-13(11-16)15-12-17-14(2,3)4;1-3-4-7-14-11-8-10(5-6-13)12(2)9-11;1-4-6-7-8(3)5-2;1-3-5-4-2;1-3-4-2/h5,11,13,15H,1,6-10,12H2,2-4H3;10-11,13H,3-9H2,1-2H3;4-6H,7H2,1-3H3;3-5H,1H2,2H3;3-4H,1-2H2/b;;6-4-,8-5+;5-4-;/t13-;;;;/m0..../s1. The Balaban J connectivity index is -0.000000278. The predicted molar refractivity (Wildman–Crippen MR) is 220 cm³/mol. The highest BCUT2D eigenvalue weighted by atomic mass is 32.2. The number of hydrogen-bond acceptors (Lipinski definition) is 6. The number of ether oxygens (including phenoxy) is 1. The summed E-state index contributed by atoms with van der Waals surface area (Å²) >= 11 is 2.12. The second-order valence-corrected chi connectivity index (χ2v) is 14.0. The monoisotopic (exact) mass is 691 g/mol. The quantitative estimate of drug-likeness (QED) is 0.0436. The molecule has 3 atom stereocenters. The van der Waals surface area contributed by atoms with Crippen molar-refractivity contribution in [2.75, 3.05) is 32.7 Å². The Bertz CT molecular complexity index is 823. The first-order valence-electron chi connectivity index (χ1n) is 18.0. The lowest BCUT2D eigenvalue weighted by molar-refractivity contribution is -0.111. The Morgan fingerprint density at radius 2 is 1.71 bits per heavy atom. The van der Waals surface area contributed by atoms with E-state index < -0.39 is 0 Å². The molecule has 1 heterocycles. The number of nitrogens with zero attached hydrogens (tertiary/aromatic N) is 1. The van der Waals surface area contributed by atoms with Gasteiger partial charge in [-0.05, 0) is 106 Å². The maximum Gasteiger partial charge on any atom is 0.136 e. The first-order valence-corrected chi connectivity index (χ1v) is 19.0. The Labute approximate surface area is 303 Å². The van der Waals surface area contributed by atoms with E-state index in [1.165, 1.54) is 37.1 Å². The van der Waals surface area contributed by atoms with Crippen LogP contribution in [-0.4, -0.2) is 71.9 Å². The van der Waals surface area contributed by atoms with Crippen LogP contribution in [-0.2, 0) is 9.53 Å². The highest BCUT2D eigenvalue weighted by Gasteiger charge is 2.28. The van der Waals surface area contributed by atoms with Gasteiger partial charge in [-0.3, -0.25) is 5.32 Å². The zero-order valence-corrected chi connectivity index (χ0v) is 33.7. The van der Waals surface area contributed by atoms with Crippen LogP contribution in [0.25, 0.3) is 0 Å². The molecule has 1 rings (SSSR count). The number of aliphatic hydroxyl groups excluding tert-OH is 1. The van der Waals surface area contributed by atoms with Crippen molar-refractivity contribution in [2.45, 2.75) is 143 Å². The second-order valence-electron chi connectivity index (χ2n) is 12.6. The van der Waals surface area contributed by atoms with Crippen molar-refractivity contribution in [3.05, 3.63) is 86.6 Å². The smallest absolute Gasteiger partial charge is 0.136 e. The molecule has 0 aromatic heterocycles. The number of nitrogens with one attached hydrogen (secondary N) is 1. The summed E-state index contributed by atoms with van der Waals surface area (Å²) in [6.07, 6.45) is 29.4. The van der Waals surface area contributed by atoms with Gasteiger partial charge in [-0.2, -0.15) is 11.8 Å². The SMILES string of the molecule is C/C=C\C/C(C)=C/C.C=C/C=C\C.C=CC=C.C=CCCCCC[C@@H](C=O)NCOC(C)(C)C.CCCCSC1CC(CCO)N(C)C1. The molecule has 0 amide bonds. The molecule has 48 heavy (non-hydrogen) atoms. The van der Waals surface area contributed by atoms with Crippen molar-refractivity contribution in [1.82, 2.24) is 10.2 Å². The molecule has 1 saturated heterocycles. The fraction of sp³-hybridized carbons (Fsp3) is 0.643. The molecule has 5 nitrogen and oxygen atoms in total. The van der Waals surface area contributed by atoms with Crippen LogP contribution < -0.4 is 5.32 Å². The van der Waals surface area contributed by atoms with Crippen LogP contribution in [0.4, 0.5) is 0 Å². The number of aldehydes is 1. The molecule has 1 aliphatic heterocycles. The van der Waals surface area contributed by atoms with Gasteiger partial charge in [-0.15, -0.1) is 6.58 Å². The maximum absolute atomic E-state index is 10.8. The number of allylic oxidation sites excluding steroid dienone is 10. The van der Waals surface area contributed by atoms with Gasteiger partial charge in [0.1, 0.15) is 6.29 Å². The normalized spacial score (nSPS) is 16.6. The molecule has 0 aliphatic carbocycles. The van der Waals surface area contributed by atoms with Crippen LogP contribution in [0.1, 0.15) is 120 Å². The van der Waals surface area contributed by atoms with Gasteiger partial charge in [-0.1, -0.05) is 106 Å². The van der Waals surface area contributed by atoms with E-state index in [0.29, 0.717) is 19.4 Å². The molecule has 2 N–H and O–H groups in total. The summed E-state index contributed by atoms with van der Waals surface area (Å²) in [7, 11) is 2.18. The predicted octanol–water partition coefficient (Wildman–Crippen LogP) is 11.1. The topological polar surface area (TPSA) is 61.8 Å². The molecule has 0 bridgehead atoms. The summed E-state index contributed by atoms with van der Waals surface area (Å²) in [6, 6.07) is 0.542. The minimum Gasteiger partial charge on any atom is -0.396 e. The third-order valence-corrected chi connectivity index (χ3v) is 8.40. The van der Waals surface area contributed by atoms with Gasteiger partial charge < -0.3 is 19.5 Å². The second kappa shape index (κ2) is 41.2. The maximum atomic E-state index is 10.8. The molecule has 280 valence electrons. The van der Waals surface area contributed by atoms with E-state index in [1.54, 1.807) is 18.2 Å². The molecule has 6 heteroatoms. The molecule has 0 aromatic rings. The summed E-state index contributed by atoms with van der Waals surface area (Å²) in [5.41, 5.74) is 1.27. The van der Waals surface area contributed by atoms with Crippen LogP contribution in [0.5, 0.6) is 0 Å². The molecule has 0 aromatic carbocycles. The molecular formula is C42H78N2O3S. The third kappa shape index (κ3) is 44.0. The van der Waals surface area contributed by atoms with Crippen molar-refractivity contribution in [3.63, 3.8) is 0 Å². The highest BCUT2D eigenvalue weighted by Crippen LogP contribution is 2.28. The molecule has 2 unspecified atom stereocenters. The summed E-state index contributed by atoms with van der Waals surface area (Å²) in [4.78, 5) is 13.2. The zero-order chi connectivity index (χ0) is 37.5. The number of thioether (sulfide) groups is 1. The van der Waals surface area contributed by atoms with E-state index in [0.717, 1.165) is 56.5 Å². The molecular weight excluding hydrogens is 613 g/mol. The molecule has 0 radical (unpaired) electrons. The minimum absolute atomic E-state index is 0.0823. The highest BCUT2D eigenvalue weighted by molar-refractivity contribution is 7.99. The van der Waals surface area contributed by atoms with Gasteiger partial charge in [0, 0.05) is 24.4 Å². The summed E-state index contributed by atoms with van der Waals surface area (Å²) in [6.45, 7) is 32.3. The van der Waals surface area contributed by atoms with E-state index in [4.69, 9.17) is 9.84 Å². The average molecular weight is 691 g/mol. The number of aliphatic hydroxyl groups is 1. The fourth-order valence-electron chi connectivity index (χ4n) is 4.00. The number of carbonyl (C=O) groups is 1. The van der Waals surface area contributed by atoms with Crippen LogP contribution in [0, 0.1) is 0 Å². The third-order valence-electron chi connectivity index (χ3n) is 7.07. The number of likely N-dealkylation sites (tertiary alicyclic amines) is 1. The van der Waals surface area contributed by atoms with Crippen molar-refractivity contribution in [2.24, 2.45) is 0 Å². The Morgan fingerprint density at radius 3 is 2.15 bits per heavy atom. The first kappa shape index (κ1) is 52.8. The van der Waals surface area contributed by atoms with Gasteiger partial charge in [0.05, 0.1) is 18.4 Å². The largest absolute Gasteiger partial charge is 0.396 e. The molecule has 1 aliphatic rings. The summed E-state index contributed by atoms with van der Waals surface area (Å²) < 4.78 is 5.52. The van der Waals surface area contributed by atoms with Crippen molar-refractivity contribution < 1.29 is 14.6 Å². The number of unbranched alkanes of at least 4 members (excludes halogenated alkanes) is 4. The zero-order valence-electron chi connectivity index (χ0n) is 32.9. The fourth-order valence-corrected chi connectivity index (χ4v) is 5.49. The van der Waals surface area contributed by atoms with Crippen molar-refractivity contribution in [1.29, 1.82) is 0 Å². The molecule has 0 saturated carbocycles. The lowest BCUT2D eigenvalue weighted by Gasteiger charge is -2.21. The Morgan fingerprint density at radius 1 is 1.04 bits per heavy atom. The minimum atomic E-state index is -0.162. The van der Waals surface area contributed by atoms with E-state index in [9.17, 15) is 4.79 Å². The van der Waals surface area contributed by atoms with E-state index in [2.05, 4.69) is 94.3 Å². The summed E-state index contributed by atoms with van der Waals surface area (Å²) in [5, 5.41) is 12.8. The van der Waals surface area contributed by atoms with Gasteiger partial charge in [0.2, 0.25) is 0 Å². The van der Waals surface area contributed by atoms with Gasteiger partial charge in [0.15, 0.2) is 0 Å². The Hall–Kier alpha value is -1.96. The van der Waals surface area contributed by atoms with Crippen LogP contribution >= 0.6 is 11.8 Å². The Kier molecular flexibility index (Phi) is 45.4. The van der Waals surface area contributed by atoms with Gasteiger partial charge in [0.25, 0.3) is 0 Å². The number of rotatable bonds is 20. The molecule has 0 spiro atoms. The molecule has 1 fully saturated rings.